The zero-order valence-corrected chi connectivity index (χ0v) is 21.6. The number of rotatable bonds is 10. The van der Waals surface area contributed by atoms with Gasteiger partial charge in [0, 0.05) is 25.6 Å². The van der Waals surface area contributed by atoms with Crippen molar-refractivity contribution in [3.8, 4) is 12.3 Å². The van der Waals surface area contributed by atoms with E-state index in [-0.39, 0.29) is 17.2 Å². The minimum absolute atomic E-state index is 0.0123. The van der Waals surface area contributed by atoms with Gasteiger partial charge in [-0.15, -0.1) is 12.3 Å². The van der Waals surface area contributed by atoms with Crippen LogP contribution in [0, 0.1) is 18.3 Å². The molecule has 0 aliphatic rings. The summed E-state index contributed by atoms with van der Waals surface area (Å²) in [7, 11) is -1.97. The first kappa shape index (κ1) is 25.4. The summed E-state index contributed by atoms with van der Waals surface area (Å²) < 4.78 is 6.98. The topological polar surface area (TPSA) is 12.5 Å². The fourth-order valence-electron chi connectivity index (χ4n) is 3.89. The number of hydrogen-bond donors (Lipinski definition) is 0. The molecule has 0 saturated carbocycles. The van der Waals surface area contributed by atoms with Gasteiger partial charge in [-0.2, -0.15) is 0 Å². The Labute approximate surface area is 192 Å². The zero-order valence-electron chi connectivity index (χ0n) is 20.6. The summed E-state index contributed by atoms with van der Waals surface area (Å²) in [4.78, 5) is 2.57. The molecule has 0 radical (unpaired) electrons. The van der Waals surface area contributed by atoms with Crippen molar-refractivity contribution in [2.45, 2.75) is 84.4 Å². The molecule has 0 saturated heterocycles. The van der Waals surface area contributed by atoms with Gasteiger partial charge in [0.05, 0.1) is 6.10 Å². The molecule has 168 valence electrons. The Morgan fingerprint density at radius 1 is 0.903 bits per heavy atom. The van der Waals surface area contributed by atoms with E-state index in [2.05, 4.69) is 119 Å². The van der Waals surface area contributed by atoms with Crippen molar-refractivity contribution in [1.29, 1.82) is 0 Å². The molecular formula is C28H41NOSi. The van der Waals surface area contributed by atoms with Gasteiger partial charge in [0.1, 0.15) is 0 Å². The quantitative estimate of drug-likeness (QED) is 0.291. The molecule has 0 unspecified atom stereocenters. The number of nitrogens with zero attached hydrogens (tertiary/aromatic N) is 1. The van der Waals surface area contributed by atoms with Gasteiger partial charge < -0.3 is 4.43 Å². The molecule has 0 bridgehead atoms. The second-order valence-electron chi connectivity index (χ2n) is 10.4. The van der Waals surface area contributed by atoms with Gasteiger partial charge in [-0.05, 0) is 35.2 Å². The van der Waals surface area contributed by atoms with Crippen molar-refractivity contribution in [1.82, 2.24) is 4.90 Å². The highest BCUT2D eigenvalue weighted by atomic mass is 28.4. The zero-order chi connectivity index (χ0) is 23.1. The van der Waals surface area contributed by atoms with Crippen LogP contribution in [0.2, 0.25) is 18.1 Å². The van der Waals surface area contributed by atoms with Gasteiger partial charge in [0.25, 0.3) is 0 Å². The molecule has 2 aromatic rings. The molecule has 0 aromatic heterocycles. The molecule has 0 heterocycles. The maximum atomic E-state index is 6.98. The summed E-state index contributed by atoms with van der Waals surface area (Å²) in [5, 5.41) is 0.144. The maximum absolute atomic E-state index is 6.98. The third-order valence-corrected chi connectivity index (χ3v) is 11.0. The van der Waals surface area contributed by atoms with Gasteiger partial charge in [-0.1, -0.05) is 95.3 Å². The van der Waals surface area contributed by atoms with Crippen LogP contribution >= 0.6 is 0 Å². The molecule has 2 nitrogen and oxygen atoms in total. The fourth-order valence-corrected chi connectivity index (χ4v) is 5.23. The van der Waals surface area contributed by atoms with E-state index in [0.717, 1.165) is 13.1 Å². The first-order valence-electron chi connectivity index (χ1n) is 11.5. The fraction of sp³-hybridized carbons (Fsp3) is 0.500. The highest BCUT2D eigenvalue weighted by Gasteiger charge is 2.42. The molecule has 31 heavy (non-hydrogen) atoms. The number of hydrogen-bond acceptors (Lipinski definition) is 2. The Morgan fingerprint density at radius 3 is 1.71 bits per heavy atom. The van der Waals surface area contributed by atoms with Crippen LogP contribution in [0.5, 0.6) is 0 Å². The van der Waals surface area contributed by atoms with Crippen LogP contribution in [-0.2, 0) is 17.5 Å². The second-order valence-corrected chi connectivity index (χ2v) is 15.2. The summed E-state index contributed by atoms with van der Waals surface area (Å²) in [5.41, 5.74) is 2.63. The average Bonchev–Trinajstić information content (AvgIpc) is 2.68. The molecule has 0 N–H and O–H groups in total. The Bertz CT molecular complexity index is 776. The van der Waals surface area contributed by atoms with E-state index in [0.29, 0.717) is 12.3 Å². The molecule has 0 amide bonds. The van der Waals surface area contributed by atoms with Crippen LogP contribution in [0.4, 0.5) is 0 Å². The third kappa shape index (κ3) is 7.35. The van der Waals surface area contributed by atoms with Crippen LogP contribution in [-0.4, -0.2) is 25.4 Å². The molecule has 2 rings (SSSR count). The predicted octanol–water partition coefficient (Wildman–Crippen LogP) is 7.13. The van der Waals surface area contributed by atoms with Crippen molar-refractivity contribution in [2.75, 3.05) is 0 Å². The molecule has 3 heteroatoms. The molecular weight excluding hydrogens is 394 g/mol. The molecule has 0 aliphatic heterocycles. The Balaban J connectivity index is 2.43. The highest BCUT2D eigenvalue weighted by molar-refractivity contribution is 6.74. The van der Waals surface area contributed by atoms with E-state index in [4.69, 9.17) is 10.8 Å². The summed E-state index contributed by atoms with van der Waals surface area (Å²) in [6.07, 6.45) is 6.51. The Hall–Kier alpha value is -1.86. The van der Waals surface area contributed by atoms with E-state index in [9.17, 15) is 0 Å². The van der Waals surface area contributed by atoms with Crippen molar-refractivity contribution in [3.63, 3.8) is 0 Å². The lowest BCUT2D eigenvalue weighted by Crippen LogP contribution is -2.53. The molecule has 2 atom stereocenters. The summed E-state index contributed by atoms with van der Waals surface area (Å²) in [6, 6.07) is 21.7. The third-order valence-electron chi connectivity index (χ3n) is 6.51. The minimum Gasteiger partial charge on any atom is -0.411 e. The van der Waals surface area contributed by atoms with Gasteiger partial charge in [-0.3, -0.25) is 4.90 Å². The van der Waals surface area contributed by atoms with Crippen LogP contribution < -0.4 is 0 Å². The van der Waals surface area contributed by atoms with Crippen LogP contribution in [0.15, 0.2) is 60.7 Å². The van der Waals surface area contributed by atoms with E-state index in [1.807, 2.05) is 0 Å². The molecule has 0 aliphatic carbocycles. The van der Waals surface area contributed by atoms with Gasteiger partial charge >= 0.3 is 0 Å². The maximum Gasteiger partial charge on any atom is 0.192 e. The SMILES string of the molecule is C#CC[C@@H](O[Si](C)(C)C(C)(C)C)[C@H](C(C)C)N(Cc1ccccc1)Cc1ccccc1. The molecule has 2 aromatic carbocycles. The standard InChI is InChI=1S/C28H41NOSi/c1-9-16-26(30-31(7,8)28(4,5)6)27(23(2)3)29(21-24-17-12-10-13-18-24)22-25-19-14-11-15-20-25/h1,10-15,17-20,23,26-27H,16,21-22H2,2-8H3/t26-,27+/m1/s1. The monoisotopic (exact) mass is 435 g/mol. The highest BCUT2D eigenvalue weighted by Crippen LogP contribution is 2.39. The van der Waals surface area contributed by atoms with Crippen LogP contribution in [0.25, 0.3) is 0 Å². The lowest BCUT2D eigenvalue weighted by molar-refractivity contribution is 0.0238. The predicted molar refractivity (Wildman–Crippen MR) is 136 cm³/mol. The minimum atomic E-state index is -1.97. The largest absolute Gasteiger partial charge is 0.411 e. The first-order valence-corrected chi connectivity index (χ1v) is 14.4. The lowest BCUT2D eigenvalue weighted by atomic mass is 9.93. The Kier molecular flexibility index (Phi) is 9.12. The number of terminal acetylenes is 1. The van der Waals surface area contributed by atoms with E-state index < -0.39 is 8.32 Å². The van der Waals surface area contributed by atoms with Crippen molar-refractivity contribution >= 4 is 8.32 Å². The van der Waals surface area contributed by atoms with Crippen molar-refractivity contribution in [2.24, 2.45) is 5.92 Å². The van der Waals surface area contributed by atoms with Crippen LogP contribution in [0.1, 0.15) is 52.2 Å². The lowest BCUT2D eigenvalue weighted by Gasteiger charge is -2.45. The molecule has 0 spiro atoms. The number of benzene rings is 2. The summed E-state index contributed by atoms with van der Waals surface area (Å²) >= 11 is 0. The van der Waals surface area contributed by atoms with Crippen LogP contribution in [0.3, 0.4) is 0 Å². The first-order chi connectivity index (χ1) is 14.5. The van der Waals surface area contributed by atoms with Gasteiger partial charge in [0.15, 0.2) is 8.32 Å². The van der Waals surface area contributed by atoms with Gasteiger partial charge in [-0.25, -0.2) is 0 Å². The second kappa shape index (κ2) is 11.1. The normalized spacial score (nSPS) is 14.5. The van der Waals surface area contributed by atoms with Crippen molar-refractivity contribution < 1.29 is 4.43 Å². The van der Waals surface area contributed by atoms with E-state index in [1.54, 1.807) is 0 Å². The molecule has 0 fully saturated rings. The Morgan fingerprint density at radius 2 is 1.35 bits per heavy atom. The van der Waals surface area contributed by atoms with E-state index in [1.165, 1.54) is 11.1 Å². The average molecular weight is 436 g/mol. The van der Waals surface area contributed by atoms with E-state index >= 15 is 0 Å². The van der Waals surface area contributed by atoms with Crippen molar-refractivity contribution in [3.05, 3.63) is 71.8 Å². The summed E-state index contributed by atoms with van der Waals surface area (Å²) in [5.74, 6) is 3.34. The van der Waals surface area contributed by atoms with Gasteiger partial charge in [0.2, 0.25) is 0 Å². The smallest absolute Gasteiger partial charge is 0.192 e. The summed E-state index contributed by atoms with van der Waals surface area (Å²) in [6.45, 7) is 17.9.